The normalized spacial score (nSPS) is 10.3. The Balaban J connectivity index is 2.63. The summed E-state index contributed by atoms with van der Waals surface area (Å²) in [5.41, 5.74) is 1.67. The molecule has 1 N–H and O–H groups in total. The highest BCUT2D eigenvalue weighted by Crippen LogP contribution is 2.37. The molecular weight excluding hydrogens is 275 g/mol. The lowest BCUT2D eigenvalue weighted by Crippen LogP contribution is -1.80. The average Bonchev–Trinajstić information content (AvgIpc) is 2.24. The molecule has 0 atom stereocenters. The Kier molecular flexibility index (Phi) is 2.98. The molecule has 0 aliphatic heterocycles. The SMILES string of the molecule is Oc1c(Br)cc(Cl)cc1-c1ccccc1. The molecule has 2 aromatic rings. The zero-order chi connectivity index (χ0) is 10.8. The predicted octanol–water partition coefficient (Wildman–Crippen LogP) is 4.48. The van der Waals surface area contributed by atoms with Crippen LogP contribution in [0.2, 0.25) is 5.02 Å². The molecule has 0 amide bonds. The van der Waals surface area contributed by atoms with E-state index in [-0.39, 0.29) is 5.75 Å². The lowest BCUT2D eigenvalue weighted by Gasteiger charge is -2.07. The maximum Gasteiger partial charge on any atom is 0.137 e. The largest absolute Gasteiger partial charge is 0.506 e. The Labute approximate surface area is 101 Å². The number of hydrogen-bond donors (Lipinski definition) is 1. The van der Waals surface area contributed by atoms with E-state index >= 15 is 0 Å². The topological polar surface area (TPSA) is 20.2 Å². The van der Waals surface area contributed by atoms with E-state index in [0.29, 0.717) is 9.50 Å². The minimum Gasteiger partial charge on any atom is -0.506 e. The van der Waals surface area contributed by atoms with Crippen LogP contribution in [0.5, 0.6) is 5.75 Å². The summed E-state index contributed by atoms with van der Waals surface area (Å²) in [5.74, 6) is 0.214. The molecule has 2 aromatic carbocycles. The van der Waals surface area contributed by atoms with Crippen molar-refractivity contribution in [2.24, 2.45) is 0 Å². The van der Waals surface area contributed by atoms with Gasteiger partial charge in [0.15, 0.2) is 0 Å². The second kappa shape index (κ2) is 4.25. The van der Waals surface area contributed by atoms with Crippen molar-refractivity contribution in [3.8, 4) is 16.9 Å². The molecule has 0 aliphatic rings. The van der Waals surface area contributed by atoms with E-state index in [1.807, 2.05) is 30.3 Å². The van der Waals surface area contributed by atoms with Gasteiger partial charge >= 0.3 is 0 Å². The first-order valence-electron chi connectivity index (χ1n) is 4.42. The number of rotatable bonds is 1. The van der Waals surface area contributed by atoms with Gasteiger partial charge in [0.1, 0.15) is 5.75 Å². The van der Waals surface area contributed by atoms with Gasteiger partial charge in [0.25, 0.3) is 0 Å². The van der Waals surface area contributed by atoms with Crippen molar-refractivity contribution in [2.45, 2.75) is 0 Å². The van der Waals surface area contributed by atoms with Crippen LogP contribution in [0.15, 0.2) is 46.9 Å². The Morgan fingerprint density at radius 1 is 1.07 bits per heavy atom. The Bertz CT molecular complexity index is 482. The lowest BCUT2D eigenvalue weighted by molar-refractivity contribution is 0.474. The molecule has 3 heteroatoms. The summed E-state index contributed by atoms with van der Waals surface area (Å²) in [5, 5.41) is 10.5. The number of aromatic hydroxyl groups is 1. The van der Waals surface area contributed by atoms with Crippen molar-refractivity contribution in [1.29, 1.82) is 0 Å². The van der Waals surface area contributed by atoms with E-state index < -0.39 is 0 Å². The maximum atomic E-state index is 9.87. The fourth-order valence-corrected chi connectivity index (χ4v) is 2.21. The van der Waals surface area contributed by atoms with Crippen LogP contribution in [0.25, 0.3) is 11.1 Å². The number of halogens is 2. The van der Waals surface area contributed by atoms with Crippen molar-refractivity contribution in [2.75, 3.05) is 0 Å². The average molecular weight is 284 g/mol. The summed E-state index contributed by atoms with van der Waals surface area (Å²) < 4.78 is 0.605. The molecule has 0 saturated heterocycles. The summed E-state index contributed by atoms with van der Waals surface area (Å²) in [6, 6.07) is 13.0. The molecule has 0 unspecified atom stereocenters. The van der Waals surface area contributed by atoms with E-state index in [2.05, 4.69) is 15.9 Å². The first-order chi connectivity index (χ1) is 7.18. The molecule has 0 radical (unpaired) electrons. The quantitative estimate of drug-likeness (QED) is 0.818. The van der Waals surface area contributed by atoms with Crippen molar-refractivity contribution in [1.82, 2.24) is 0 Å². The van der Waals surface area contributed by atoms with Crippen LogP contribution >= 0.6 is 27.5 Å². The fourth-order valence-electron chi connectivity index (χ4n) is 1.40. The Hall–Kier alpha value is -0.990. The molecule has 0 aromatic heterocycles. The van der Waals surface area contributed by atoms with Crippen molar-refractivity contribution in [3.05, 3.63) is 52.0 Å². The van der Waals surface area contributed by atoms with Crippen LogP contribution in [0.1, 0.15) is 0 Å². The highest BCUT2D eigenvalue weighted by atomic mass is 79.9. The van der Waals surface area contributed by atoms with Crippen LogP contribution in [0.4, 0.5) is 0 Å². The third kappa shape index (κ3) is 2.16. The number of hydrogen-bond acceptors (Lipinski definition) is 1. The monoisotopic (exact) mass is 282 g/mol. The van der Waals surface area contributed by atoms with E-state index in [0.717, 1.165) is 11.1 Å². The molecule has 1 nitrogen and oxygen atoms in total. The summed E-state index contributed by atoms with van der Waals surface area (Å²) in [6.07, 6.45) is 0. The van der Waals surface area contributed by atoms with Gasteiger partial charge in [0.2, 0.25) is 0 Å². The van der Waals surface area contributed by atoms with Crippen LogP contribution < -0.4 is 0 Å². The zero-order valence-corrected chi connectivity index (χ0v) is 10.1. The third-order valence-electron chi connectivity index (χ3n) is 2.11. The molecule has 0 saturated carbocycles. The van der Waals surface area contributed by atoms with Gasteiger partial charge in [-0.2, -0.15) is 0 Å². The van der Waals surface area contributed by atoms with Gasteiger partial charge in [-0.3, -0.25) is 0 Å². The Morgan fingerprint density at radius 2 is 1.73 bits per heavy atom. The fraction of sp³-hybridized carbons (Fsp3) is 0. The highest BCUT2D eigenvalue weighted by Gasteiger charge is 2.08. The van der Waals surface area contributed by atoms with Gasteiger partial charge in [-0.25, -0.2) is 0 Å². The highest BCUT2D eigenvalue weighted by molar-refractivity contribution is 9.10. The second-order valence-corrected chi connectivity index (χ2v) is 4.44. The van der Waals surface area contributed by atoms with Crippen molar-refractivity contribution >= 4 is 27.5 Å². The molecule has 0 spiro atoms. The number of benzene rings is 2. The first-order valence-corrected chi connectivity index (χ1v) is 5.59. The lowest BCUT2D eigenvalue weighted by atomic mass is 10.1. The summed E-state index contributed by atoms with van der Waals surface area (Å²) in [4.78, 5) is 0. The molecule has 0 bridgehead atoms. The van der Waals surface area contributed by atoms with Crippen molar-refractivity contribution < 1.29 is 5.11 Å². The molecular formula is C12H8BrClO. The molecule has 76 valence electrons. The standard InChI is InChI=1S/C12H8BrClO/c13-11-7-9(14)6-10(12(11)15)8-4-2-1-3-5-8/h1-7,15H. The third-order valence-corrected chi connectivity index (χ3v) is 2.94. The number of phenolic OH excluding ortho intramolecular Hbond substituents is 1. The van der Waals surface area contributed by atoms with Gasteiger partial charge in [-0.05, 0) is 33.6 Å². The van der Waals surface area contributed by atoms with E-state index in [1.165, 1.54) is 0 Å². The zero-order valence-electron chi connectivity index (χ0n) is 7.74. The van der Waals surface area contributed by atoms with Crippen LogP contribution in [0, 0.1) is 0 Å². The molecule has 2 rings (SSSR count). The van der Waals surface area contributed by atoms with E-state index in [9.17, 15) is 5.11 Å². The van der Waals surface area contributed by atoms with E-state index in [1.54, 1.807) is 12.1 Å². The van der Waals surface area contributed by atoms with Gasteiger partial charge in [-0.15, -0.1) is 0 Å². The predicted molar refractivity (Wildman–Crippen MR) is 66.3 cm³/mol. The summed E-state index contributed by atoms with van der Waals surface area (Å²) >= 11 is 9.19. The molecule has 0 aliphatic carbocycles. The van der Waals surface area contributed by atoms with Gasteiger partial charge in [0.05, 0.1) is 4.47 Å². The Morgan fingerprint density at radius 3 is 2.40 bits per heavy atom. The molecule has 0 heterocycles. The van der Waals surface area contributed by atoms with Gasteiger partial charge in [0, 0.05) is 10.6 Å². The molecule has 0 fully saturated rings. The summed E-state index contributed by atoms with van der Waals surface area (Å²) in [6.45, 7) is 0. The van der Waals surface area contributed by atoms with E-state index in [4.69, 9.17) is 11.6 Å². The second-order valence-electron chi connectivity index (χ2n) is 3.15. The van der Waals surface area contributed by atoms with Crippen molar-refractivity contribution in [3.63, 3.8) is 0 Å². The van der Waals surface area contributed by atoms with Gasteiger partial charge < -0.3 is 5.11 Å². The summed E-state index contributed by atoms with van der Waals surface area (Å²) in [7, 11) is 0. The maximum absolute atomic E-state index is 9.87. The van der Waals surface area contributed by atoms with Crippen LogP contribution in [-0.4, -0.2) is 5.11 Å². The minimum atomic E-state index is 0.214. The van der Waals surface area contributed by atoms with Crippen LogP contribution in [0.3, 0.4) is 0 Å². The minimum absolute atomic E-state index is 0.214. The first kappa shape index (κ1) is 10.5. The molecule has 15 heavy (non-hydrogen) atoms. The number of phenols is 1. The van der Waals surface area contributed by atoms with Gasteiger partial charge in [-0.1, -0.05) is 41.9 Å². The van der Waals surface area contributed by atoms with Crippen LogP contribution in [-0.2, 0) is 0 Å². The smallest absolute Gasteiger partial charge is 0.137 e.